The second-order valence-electron chi connectivity index (χ2n) is 7.44. The molecule has 132 valence electrons. The van der Waals surface area contributed by atoms with E-state index in [1.807, 2.05) is 12.1 Å². The third-order valence-electron chi connectivity index (χ3n) is 5.58. The fourth-order valence-electron chi connectivity index (χ4n) is 4.19. The highest BCUT2D eigenvalue weighted by atomic mass is 16.6. The number of hydrogen-bond acceptors (Lipinski definition) is 2. The van der Waals surface area contributed by atoms with E-state index in [1.54, 1.807) is 0 Å². The van der Waals surface area contributed by atoms with Gasteiger partial charge in [-0.05, 0) is 37.8 Å². The summed E-state index contributed by atoms with van der Waals surface area (Å²) in [5.41, 5.74) is 2.96. The van der Waals surface area contributed by atoms with Gasteiger partial charge in [0.1, 0.15) is 5.60 Å². The van der Waals surface area contributed by atoms with Crippen LogP contribution in [0.3, 0.4) is 0 Å². The maximum Gasteiger partial charge on any atom is 0.126 e. The summed E-state index contributed by atoms with van der Waals surface area (Å²) >= 11 is 0. The van der Waals surface area contributed by atoms with Gasteiger partial charge in [0, 0.05) is 5.41 Å². The van der Waals surface area contributed by atoms with Crippen molar-refractivity contribution in [3.8, 4) is 0 Å². The van der Waals surface area contributed by atoms with Gasteiger partial charge in [0.2, 0.25) is 0 Å². The highest BCUT2D eigenvalue weighted by Crippen LogP contribution is 2.62. The van der Waals surface area contributed by atoms with Crippen LogP contribution in [0.2, 0.25) is 0 Å². The molecule has 3 rings (SSSR count). The van der Waals surface area contributed by atoms with Crippen molar-refractivity contribution in [2.75, 3.05) is 6.61 Å². The Kier molecular flexibility index (Phi) is 5.12. The first-order valence-electron chi connectivity index (χ1n) is 9.07. The molecule has 1 heterocycles. The van der Waals surface area contributed by atoms with Crippen LogP contribution in [-0.4, -0.2) is 17.8 Å². The van der Waals surface area contributed by atoms with Gasteiger partial charge in [0.15, 0.2) is 0 Å². The molecule has 0 aromatic heterocycles. The van der Waals surface area contributed by atoms with Gasteiger partial charge >= 0.3 is 0 Å². The molecule has 25 heavy (non-hydrogen) atoms. The van der Waals surface area contributed by atoms with Gasteiger partial charge < -0.3 is 9.84 Å². The largest absolute Gasteiger partial charge is 0.394 e. The summed E-state index contributed by atoms with van der Waals surface area (Å²) in [6, 6.07) is 20.9. The first-order valence-corrected chi connectivity index (χ1v) is 9.07. The Labute approximate surface area is 151 Å². The molecule has 1 fully saturated rings. The minimum atomic E-state index is -0.515. The Morgan fingerprint density at radius 3 is 1.96 bits per heavy atom. The summed E-state index contributed by atoms with van der Waals surface area (Å²) in [6.45, 7) is 6.57. The molecule has 0 amide bonds. The van der Waals surface area contributed by atoms with Crippen LogP contribution in [0, 0.1) is 5.41 Å². The quantitative estimate of drug-likeness (QED) is 0.746. The molecule has 2 atom stereocenters. The number of ether oxygens (including phenoxy) is 1. The monoisotopic (exact) mass is 336 g/mol. The first-order chi connectivity index (χ1) is 12.0. The molecular formula is C23H28O2. The maximum absolute atomic E-state index is 9.92. The van der Waals surface area contributed by atoms with Crippen LogP contribution in [0.4, 0.5) is 0 Å². The summed E-state index contributed by atoms with van der Waals surface area (Å²) in [5.74, 6) is 0. The smallest absolute Gasteiger partial charge is 0.126 e. The van der Waals surface area contributed by atoms with Crippen LogP contribution in [0.25, 0.3) is 0 Å². The van der Waals surface area contributed by atoms with Gasteiger partial charge in [-0.1, -0.05) is 79.2 Å². The molecule has 2 aromatic carbocycles. The topological polar surface area (TPSA) is 29.5 Å². The molecule has 0 radical (unpaired) electrons. The number of rotatable bonds is 6. The van der Waals surface area contributed by atoms with Crippen LogP contribution in [0.1, 0.15) is 44.7 Å². The second kappa shape index (κ2) is 7.15. The third kappa shape index (κ3) is 2.94. The van der Waals surface area contributed by atoms with Gasteiger partial charge in [-0.3, -0.25) is 0 Å². The highest BCUT2D eigenvalue weighted by molar-refractivity contribution is 5.43. The number of aliphatic hydroxyl groups excluding tert-OH is 1. The Morgan fingerprint density at radius 2 is 1.52 bits per heavy atom. The van der Waals surface area contributed by atoms with Gasteiger partial charge in [0.25, 0.3) is 0 Å². The van der Waals surface area contributed by atoms with Crippen molar-refractivity contribution in [2.45, 2.75) is 45.3 Å². The zero-order chi connectivity index (χ0) is 17.9. The first kappa shape index (κ1) is 17.9. The van der Waals surface area contributed by atoms with Gasteiger partial charge in [-0.25, -0.2) is 0 Å². The van der Waals surface area contributed by atoms with Crippen molar-refractivity contribution < 1.29 is 9.84 Å². The predicted octanol–water partition coefficient (Wildman–Crippen LogP) is 5.07. The van der Waals surface area contributed by atoms with Crippen molar-refractivity contribution in [3.63, 3.8) is 0 Å². The standard InChI is InChI=1S/C23H28O2/c1-18(2)11-10-16-22(3)21(17-24)25-23(22,19-12-6-4-7-13-19)20-14-8-5-9-15-20/h4-9,11-15,21,24H,10,16-17H2,1-3H3/t21-,22-/m1/s1. The van der Waals surface area contributed by atoms with Crippen molar-refractivity contribution in [1.82, 2.24) is 0 Å². The van der Waals surface area contributed by atoms with Crippen LogP contribution >= 0.6 is 0 Å². The van der Waals surface area contributed by atoms with Crippen molar-refractivity contribution in [3.05, 3.63) is 83.4 Å². The average Bonchev–Trinajstić information content (AvgIpc) is 2.63. The van der Waals surface area contributed by atoms with Gasteiger partial charge in [0.05, 0.1) is 12.7 Å². The van der Waals surface area contributed by atoms with E-state index in [4.69, 9.17) is 4.74 Å². The summed E-state index contributed by atoms with van der Waals surface area (Å²) in [6.07, 6.45) is 4.07. The van der Waals surface area contributed by atoms with E-state index < -0.39 is 5.60 Å². The molecule has 2 heteroatoms. The summed E-state index contributed by atoms with van der Waals surface area (Å²) in [7, 11) is 0. The van der Waals surface area contributed by atoms with Crippen LogP contribution < -0.4 is 0 Å². The molecule has 0 saturated carbocycles. The predicted molar refractivity (Wildman–Crippen MR) is 102 cm³/mol. The lowest BCUT2D eigenvalue weighted by Crippen LogP contribution is -2.67. The molecule has 1 saturated heterocycles. The van der Waals surface area contributed by atoms with Gasteiger partial charge in [-0.2, -0.15) is 0 Å². The average molecular weight is 336 g/mol. The molecule has 1 N–H and O–H groups in total. The fraction of sp³-hybridized carbons (Fsp3) is 0.391. The second-order valence-corrected chi connectivity index (χ2v) is 7.44. The summed E-state index contributed by atoms with van der Waals surface area (Å²) < 4.78 is 6.45. The van der Waals surface area contributed by atoms with E-state index in [0.717, 1.165) is 24.0 Å². The Balaban J connectivity index is 2.09. The van der Waals surface area contributed by atoms with E-state index in [2.05, 4.69) is 75.4 Å². The van der Waals surface area contributed by atoms with Gasteiger partial charge in [-0.15, -0.1) is 0 Å². The molecule has 0 unspecified atom stereocenters. The number of benzene rings is 2. The lowest BCUT2D eigenvalue weighted by molar-refractivity contribution is -0.313. The van der Waals surface area contributed by atoms with E-state index in [9.17, 15) is 5.11 Å². The van der Waals surface area contributed by atoms with E-state index in [1.165, 1.54) is 5.57 Å². The molecule has 1 aliphatic heterocycles. The van der Waals surface area contributed by atoms with Crippen LogP contribution in [-0.2, 0) is 10.3 Å². The van der Waals surface area contributed by atoms with Crippen molar-refractivity contribution in [1.29, 1.82) is 0 Å². The Bertz CT molecular complexity index is 677. The maximum atomic E-state index is 9.92. The SMILES string of the molecule is CC(C)=CCC[C@]1(C)[C@@H](CO)OC1(c1ccccc1)c1ccccc1. The molecule has 2 aromatic rings. The lowest BCUT2D eigenvalue weighted by Gasteiger charge is -2.63. The van der Waals surface area contributed by atoms with E-state index in [0.29, 0.717) is 0 Å². The Hall–Kier alpha value is -1.90. The molecule has 0 spiro atoms. The lowest BCUT2D eigenvalue weighted by atomic mass is 9.56. The van der Waals surface area contributed by atoms with Crippen molar-refractivity contribution in [2.24, 2.45) is 5.41 Å². The molecule has 2 nitrogen and oxygen atoms in total. The number of hydrogen-bond donors (Lipinski definition) is 1. The van der Waals surface area contributed by atoms with Crippen LogP contribution in [0.15, 0.2) is 72.3 Å². The number of aliphatic hydroxyl groups is 1. The van der Waals surface area contributed by atoms with Crippen LogP contribution in [0.5, 0.6) is 0 Å². The molecule has 0 aliphatic carbocycles. The summed E-state index contributed by atoms with van der Waals surface area (Å²) in [4.78, 5) is 0. The zero-order valence-corrected chi connectivity index (χ0v) is 15.4. The van der Waals surface area contributed by atoms with E-state index >= 15 is 0 Å². The third-order valence-corrected chi connectivity index (χ3v) is 5.58. The minimum absolute atomic E-state index is 0.0484. The molecule has 0 bridgehead atoms. The molecule has 1 aliphatic rings. The number of allylic oxidation sites excluding steroid dienone is 2. The van der Waals surface area contributed by atoms with E-state index in [-0.39, 0.29) is 18.1 Å². The highest BCUT2D eigenvalue weighted by Gasteiger charge is 2.65. The minimum Gasteiger partial charge on any atom is -0.394 e. The fourth-order valence-corrected chi connectivity index (χ4v) is 4.19. The Morgan fingerprint density at radius 1 is 1.00 bits per heavy atom. The normalized spacial score (nSPS) is 24.4. The summed E-state index contributed by atoms with van der Waals surface area (Å²) in [5, 5.41) is 9.92. The van der Waals surface area contributed by atoms with Crippen molar-refractivity contribution >= 4 is 0 Å². The molecular weight excluding hydrogens is 308 g/mol. The zero-order valence-electron chi connectivity index (χ0n) is 15.4.